The van der Waals surface area contributed by atoms with Crippen LogP contribution in [0.4, 0.5) is 0 Å². The molecular formula is C41H64O9. The number of esters is 1. The van der Waals surface area contributed by atoms with Crippen LogP contribution >= 0.6 is 0 Å². The maximum Gasteiger partial charge on any atom is 0.313 e. The van der Waals surface area contributed by atoms with Crippen LogP contribution in [0.2, 0.25) is 0 Å². The third kappa shape index (κ3) is 8.21. The number of hydrogen-bond donors (Lipinski definition) is 3. The number of methoxy groups -OCH3 is 1. The van der Waals surface area contributed by atoms with Gasteiger partial charge in [0.2, 0.25) is 0 Å². The molecule has 2 heterocycles. The molecule has 4 aliphatic rings. The third-order valence-electron chi connectivity index (χ3n) is 13.0. The Morgan fingerprint density at radius 2 is 1.60 bits per heavy atom. The number of rotatable bonds is 2. The first kappa shape index (κ1) is 40.6. The third-order valence-corrected chi connectivity index (χ3v) is 13.0. The summed E-state index contributed by atoms with van der Waals surface area (Å²) in [7, 11) is 1.29. The Labute approximate surface area is 299 Å². The zero-order valence-corrected chi connectivity index (χ0v) is 32.0. The Balaban J connectivity index is 1.97. The fourth-order valence-corrected chi connectivity index (χ4v) is 9.37. The van der Waals surface area contributed by atoms with Crippen LogP contribution in [0.5, 0.6) is 0 Å². The van der Waals surface area contributed by atoms with E-state index < -0.39 is 58.7 Å². The SMILES string of the molecule is COC(=O)[C@]12CC(=O)[C@H](C(C)C)CC(=O)[C@H](C)CCC[C@H](C)CC(=O)[C@H]1CC(C)=C1C[C@H](O)[C@@](C)(O)[C@H]3CC[C@](C)(O)[C@H](CC/C(C)=C/[C@@H]12)O3. The molecule has 0 aromatic rings. The lowest BCUT2D eigenvalue weighted by Gasteiger charge is -2.50. The van der Waals surface area contributed by atoms with Gasteiger partial charge in [-0.1, -0.05) is 63.3 Å². The molecule has 0 unspecified atom stereocenters. The van der Waals surface area contributed by atoms with Crippen molar-refractivity contribution in [3.8, 4) is 0 Å². The van der Waals surface area contributed by atoms with Gasteiger partial charge < -0.3 is 24.8 Å². The summed E-state index contributed by atoms with van der Waals surface area (Å²) < 4.78 is 11.9. The van der Waals surface area contributed by atoms with Crippen molar-refractivity contribution in [1.82, 2.24) is 0 Å². The van der Waals surface area contributed by atoms with E-state index >= 15 is 0 Å². The number of Topliss-reactive ketones (excluding diaryl/α,β-unsaturated/α-hetero) is 3. The zero-order valence-electron chi connectivity index (χ0n) is 32.0. The Bertz CT molecular complexity index is 1360. The summed E-state index contributed by atoms with van der Waals surface area (Å²) >= 11 is 0. The second-order valence-electron chi connectivity index (χ2n) is 17.4. The summed E-state index contributed by atoms with van der Waals surface area (Å²) in [5, 5.41) is 35.0. The molecule has 2 aliphatic heterocycles. The van der Waals surface area contributed by atoms with Gasteiger partial charge >= 0.3 is 5.97 Å². The van der Waals surface area contributed by atoms with E-state index in [9.17, 15) is 34.5 Å². The molecule has 50 heavy (non-hydrogen) atoms. The number of fused-ring (bicyclic) bond motifs is 5. The molecule has 9 heteroatoms. The van der Waals surface area contributed by atoms with E-state index in [1.165, 1.54) is 7.11 Å². The Kier molecular flexibility index (Phi) is 12.8. The molecule has 282 valence electrons. The number of aliphatic hydroxyl groups excluding tert-OH is 1. The predicted octanol–water partition coefficient (Wildman–Crippen LogP) is 6.25. The highest BCUT2D eigenvalue weighted by molar-refractivity contribution is 5.97. The molecule has 0 aromatic heterocycles. The molecule has 1 saturated carbocycles. The van der Waals surface area contributed by atoms with Crippen molar-refractivity contribution in [3.63, 3.8) is 0 Å². The van der Waals surface area contributed by atoms with Crippen LogP contribution in [0.1, 0.15) is 132 Å². The maximum atomic E-state index is 14.7. The highest BCUT2D eigenvalue weighted by Gasteiger charge is 2.60. The molecule has 2 aliphatic carbocycles. The molecule has 11 atom stereocenters. The van der Waals surface area contributed by atoms with E-state index in [2.05, 4.69) is 0 Å². The van der Waals surface area contributed by atoms with Gasteiger partial charge in [-0.05, 0) is 84.5 Å². The molecular weight excluding hydrogens is 636 g/mol. The molecule has 0 aromatic carbocycles. The Hall–Kier alpha value is -2.20. The summed E-state index contributed by atoms with van der Waals surface area (Å²) in [6.45, 7) is 14.9. The van der Waals surface area contributed by atoms with Crippen LogP contribution in [0.15, 0.2) is 22.8 Å². The van der Waals surface area contributed by atoms with Gasteiger partial charge in [0, 0.05) is 42.9 Å². The fourth-order valence-electron chi connectivity index (χ4n) is 9.37. The number of hydrogen-bond acceptors (Lipinski definition) is 9. The van der Waals surface area contributed by atoms with Gasteiger partial charge in [0.15, 0.2) is 0 Å². The normalized spacial score (nSPS) is 42.7. The quantitative estimate of drug-likeness (QED) is 0.225. The number of carbonyl (C=O) groups excluding carboxylic acids is 4. The van der Waals surface area contributed by atoms with Crippen molar-refractivity contribution in [2.24, 2.45) is 40.9 Å². The second kappa shape index (κ2) is 15.8. The molecule has 0 radical (unpaired) electrons. The minimum absolute atomic E-state index is 0.0118. The summed E-state index contributed by atoms with van der Waals surface area (Å²) in [4.78, 5) is 57.4. The number of carbonyl (C=O) groups is 4. The predicted molar refractivity (Wildman–Crippen MR) is 191 cm³/mol. The molecule has 4 rings (SSSR count). The Morgan fingerprint density at radius 3 is 2.24 bits per heavy atom. The van der Waals surface area contributed by atoms with Crippen LogP contribution in [0.25, 0.3) is 0 Å². The van der Waals surface area contributed by atoms with E-state index in [-0.39, 0.29) is 67.2 Å². The molecule has 2 fully saturated rings. The molecule has 3 N–H and O–H groups in total. The van der Waals surface area contributed by atoms with Crippen molar-refractivity contribution < 1.29 is 44.0 Å². The van der Waals surface area contributed by atoms with Gasteiger partial charge in [0.25, 0.3) is 0 Å². The monoisotopic (exact) mass is 700 g/mol. The standard InChI is InChI=1S/C41H64O9/c1-23(2)28-20-32(42)26(5)12-10-11-24(3)18-33(43)31-19-27(6)29-21-35(45)40(8,48)37-15-16-39(7,47)36(50-37)14-13-25(4)17-30(29)41(31,22-34(28)44)38(46)49-9/h17,23-24,26,28,30-31,35-37,45,47-48H,10-16,18-22H2,1-9H3/b25-17+/t24-,26+,28-,30-,31+,35-,36-,37+,39-,40+,41-/m0/s1. The van der Waals surface area contributed by atoms with Crippen molar-refractivity contribution in [2.45, 2.75) is 162 Å². The topological polar surface area (TPSA) is 147 Å². The van der Waals surface area contributed by atoms with Gasteiger partial charge in [-0.15, -0.1) is 0 Å². The van der Waals surface area contributed by atoms with E-state index in [1.807, 2.05) is 47.6 Å². The van der Waals surface area contributed by atoms with Crippen LogP contribution < -0.4 is 0 Å². The molecule has 2 bridgehead atoms. The molecule has 1 saturated heterocycles. The smallest absolute Gasteiger partial charge is 0.313 e. The van der Waals surface area contributed by atoms with Gasteiger partial charge in [-0.25, -0.2) is 0 Å². The van der Waals surface area contributed by atoms with Crippen molar-refractivity contribution >= 4 is 23.3 Å². The number of aliphatic hydroxyl groups is 3. The van der Waals surface area contributed by atoms with Crippen molar-refractivity contribution in [1.29, 1.82) is 0 Å². The minimum Gasteiger partial charge on any atom is -0.469 e. The van der Waals surface area contributed by atoms with E-state index in [4.69, 9.17) is 9.47 Å². The van der Waals surface area contributed by atoms with E-state index in [1.54, 1.807) is 13.8 Å². The average molecular weight is 701 g/mol. The summed E-state index contributed by atoms with van der Waals surface area (Å²) in [5.41, 5.74) is -2.00. The van der Waals surface area contributed by atoms with E-state index in [0.717, 1.165) is 24.0 Å². The van der Waals surface area contributed by atoms with Gasteiger partial charge in [0.1, 0.15) is 23.0 Å². The second-order valence-corrected chi connectivity index (χ2v) is 17.4. The summed E-state index contributed by atoms with van der Waals surface area (Å²) in [6.07, 6.45) is 3.52. The lowest BCUT2D eigenvalue weighted by Crippen LogP contribution is -2.59. The molecule has 0 spiro atoms. The fraction of sp³-hybridized carbons (Fsp3) is 0.805. The average Bonchev–Trinajstić information content (AvgIpc) is 3.03. The highest BCUT2D eigenvalue weighted by atomic mass is 16.5. The molecule has 9 nitrogen and oxygen atoms in total. The molecule has 0 amide bonds. The van der Waals surface area contributed by atoms with E-state index in [0.29, 0.717) is 37.7 Å². The first-order chi connectivity index (χ1) is 23.3. The van der Waals surface area contributed by atoms with Gasteiger partial charge in [-0.2, -0.15) is 0 Å². The van der Waals surface area contributed by atoms with Crippen LogP contribution in [0.3, 0.4) is 0 Å². The summed E-state index contributed by atoms with van der Waals surface area (Å²) in [6, 6.07) is 0. The maximum absolute atomic E-state index is 14.7. The Morgan fingerprint density at radius 1 is 0.920 bits per heavy atom. The van der Waals surface area contributed by atoms with Gasteiger partial charge in [0.05, 0.1) is 36.4 Å². The first-order valence-corrected chi connectivity index (χ1v) is 19.1. The lowest BCUT2D eigenvalue weighted by atomic mass is 9.53. The van der Waals surface area contributed by atoms with Crippen molar-refractivity contribution in [3.05, 3.63) is 22.8 Å². The van der Waals surface area contributed by atoms with Crippen LogP contribution in [0, 0.1) is 40.9 Å². The minimum atomic E-state index is -1.69. The van der Waals surface area contributed by atoms with Crippen molar-refractivity contribution in [2.75, 3.05) is 7.11 Å². The van der Waals surface area contributed by atoms with Gasteiger partial charge in [-0.3, -0.25) is 19.2 Å². The van der Waals surface area contributed by atoms with Crippen LogP contribution in [-0.2, 0) is 28.7 Å². The first-order valence-electron chi connectivity index (χ1n) is 19.1. The van der Waals surface area contributed by atoms with Crippen LogP contribution in [-0.4, -0.2) is 75.3 Å². The summed E-state index contributed by atoms with van der Waals surface area (Å²) in [5.74, 6) is -3.59. The zero-order chi connectivity index (χ0) is 37.3. The number of ketones is 3. The highest BCUT2D eigenvalue weighted by Crippen LogP contribution is 2.56. The lowest BCUT2D eigenvalue weighted by molar-refractivity contribution is -0.234. The largest absolute Gasteiger partial charge is 0.469 e. The number of ether oxygens (including phenoxy) is 2. The number of allylic oxidation sites excluding steroid dienone is 3.